The molecule has 0 saturated carbocycles. The fourth-order valence-electron chi connectivity index (χ4n) is 8.19. The third-order valence-corrected chi connectivity index (χ3v) is 11.4. The average Bonchev–Trinajstić information content (AvgIpc) is 3.37. The molecule has 0 aliphatic rings. The number of nitriles is 1. The van der Waals surface area contributed by atoms with E-state index in [-0.39, 0.29) is 0 Å². The number of fused-ring (bicyclic) bond motifs is 1. The molecular formula is C48H19BF20N2. The molecule has 0 aliphatic heterocycles. The highest BCUT2D eigenvalue weighted by Gasteiger charge is 2.52. The number of aromatic nitrogens is 1. The van der Waals surface area contributed by atoms with Crippen LogP contribution in [0, 0.1) is 128 Å². The van der Waals surface area contributed by atoms with E-state index in [2.05, 4.69) is 77.4 Å². The minimum absolute atomic E-state index is 0.699. The summed E-state index contributed by atoms with van der Waals surface area (Å²) >= 11 is 0. The van der Waals surface area contributed by atoms with Gasteiger partial charge in [0.05, 0.1) is 18.1 Å². The lowest BCUT2D eigenvalue weighted by Crippen LogP contribution is -2.81. The second-order valence-electron chi connectivity index (χ2n) is 15.2. The summed E-state index contributed by atoms with van der Waals surface area (Å²) in [5.74, 6) is -71.4. The van der Waals surface area contributed by atoms with E-state index in [1.165, 1.54) is 27.7 Å². The molecule has 0 aliphatic carbocycles. The number of pyridine rings is 1. The van der Waals surface area contributed by atoms with Crippen LogP contribution in [0.1, 0.15) is 22.4 Å². The summed E-state index contributed by atoms with van der Waals surface area (Å²) in [5.41, 5.74) is -8.63. The van der Waals surface area contributed by atoms with Gasteiger partial charge in [-0.1, -0.05) is 54.6 Å². The van der Waals surface area contributed by atoms with Gasteiger partial charge >= 0.3 is 0 Å². The molecule has 8 aromatic rings. The van der Waals surface area contributed by atoms with Gasteiger partial charge < -0.3 is 0 Å². The van der Waals surface area contributed by atoms with E-state index < -0.39 is 144 Å². The molecule has 7 aromatic carbocycles. The maximum absolute atomic E-state index is 15.4. The van der Waals surface area contributed by atoms with Crippen LogP contribution >= 0.6 is 0 Å². The summed E-state index contributed by atoms with van der Waals surface area (Å²) in [6.45, 7) is 0.841. The number of hydrogen-bond acceptors (Lipinski definition) is 1. The van der Waals surface area contributed by atoms with Crippen molar-refractivity contribution in [2.75, 3.05) is 0 Å². The molecular weight excluding hydrogens is 995 g/mol. The lowest BCUT2D eigenvalue weighted by molar-refractivity contribution is -0.669. The van der Waals surface area contributed by atoms with Gasteiger partial charge in [0.1, 0.15) is 52.7 Å². The third kappa shape index (κ3) is 8.33. The minimum Gasteiger partial charge on any atom is -0.207 e. The molecule has 23 heteroatoms. The van der Waals surface area contributed by atoms with Gasteiger partial charge in [-0.2, -0.15) is 9.83 Å². The van der Waals surface area contributed by atoms with Crippen molar-refractivity contribution in [3.63, 3.8) is 0 Å². The Labute approximate surface area is 384 Å². The van der Waals surface area contributed by atoms with Gasteiger partial charge in [0.25, 0.3) is 0 Å². The van der Waals surface area contributed by atoms with E-state index in [1.54, 1.807) is 0 Å². The van der Waals surface area contributed by atoms with E-state index in [4.69, 9.17) is 5.26 Å². The Balaban J connectivity index is 0.000000240. The van der Waals surface area contributed by atoms with E-state index in [0.717, 1.165) is 13.0 Å². The van der Waals surface area contributed by atoms with Crippen molar-refractivity contribution in [3.05, 3.63) is 230 Å². The maximum atomic E-state index is 15.4. The van der Waals surface area contributed by atoms with Crippen LogP contribution in [0.2, 0.25) is 0 Å². The number of hydrogen-bond donors (Lipinski definition) is 0. The number of benzene rings is 7. The average molecular weight is 1010 g/mol. The zero-order chi connectivity index (χ0) is 52.1. The van der Waals surface area contributed by atoms with Crippen LogP contribution in [0.25, 0.3) is 10.9 Å². The molecule has 0 amide bonds. The summed E-state index contributed by atoms with van der Waals surface area (Å²) in [6.07, 6.45) is -6.38. The van der Waals surface area contributed by atoms with Crippen LogP contribution in [0.5, 0.6) is 0 Å². The van der Waals surface area contributed by atoms with Crippen LogP contribution in [-0.4, -0.2) is 6.15 Å². The standard InChI is InChI=1S/C24BF20.C24H19N2/c26-5-1(6(27)14(35)21(42)13(5)34)25(2-7(28)15(36)22(43)16(37)8(2)29,3-9(30)17(38)23(44)18(39)10(3)31)4-11(32)19(40)24(45)20(41)12(4)33;25-17-20-12-10-19(11-13-20)16-23-15-14-22-8-4-5-9-24(22)26(23)18-21-6-2-1-3-7-21/h;1-15H,16,18H2/q-1;+1. The van der Waals surface area contributed by atoms with E-state index in [9.17, 15) is 52.7 Å². The van der Waals surface area contributed by atoms with E-state index >= 15 is 35.1 Å². The first-order valence-corrected chi connectivity index (χ1v) is 19.7. The number of rotatable bonds is 8. The summed E-state index contributed by atoms with van der Waals surface area (Å²) in [6, 6.07) is 33.5. The van der Waals surface area contributed by atoms with Crippen LogP contribution in [0.15, 0.2) is 91.0 Å². The first-order chi connectivity index (χ1) is 33.5. The molecule has 71 heavy (non-hydrogen) atoms. The highest BCUT2D eigenvalue weighted by Crippen LogP contribution is 2.31. The molecule has 8 rings (SSSR count). The van der Waals surface area contributed by atoms with E-state index in [0.29, 0.717) is 5.56 Å². The summed E-state index contributed by atoms with van der Waals surface area (Å²) in [5, 5.41) is 10.2. The minimum atomic E-state index is -7.22. The first kappa shape index (κ1) is 51.0. The number of para-hydroxylation sites is 1. The smallest absolute Gasteiger partial charge is 0.207 e. The van der Waals surface area contributed by atoms with Gasteiger partial charge in [-0.15, -0.1) is 21.9 Å². The van der Waals surface area contributed by atoms with Crippen molar-refractivity contribution in [2.45, 2.75) is 13.0 Å². The highest BCUT2D eigenvalue weighted by molar-refractivity contribution is 7.20. The molecule has 0 N–H and O–H groups in total. The maximum Gasteiger partial charge on any atom is 0.212 e. The largest absolute Gasteiger partial charge is 0.212 e. The predicted octanol–water partition coefficient (Wildman–Crippen LogP) is 10.5. The summed E-state index contributed by atoms with van der Waals surface area (Å²) in [4.78, 5) is 0. The Morgan fingerprint density at radius 2 is 0.662 bits per heavy atom. The molecule has 0 spiro atoms. The Hall–Kier alpha value is -7.90. The second-order valence-corrected chi connectivity index (χ2v) is 15.2. The van der Waals surface area contributed by atoms with E-state index in [1.807, 2.05) is 24.3 Å². The molecule has 0 bridgehead atoms. The first-order valence-electron chi connectivity index (χ1n) is 19.7. The highest BCUT2D eigenvalue weighted by atomic mass is 19.2. The Morgan fingerprint density at radius 1 is 0.338 bits per heavy atom. The molecule has 0 unspecified atom stereocenters. The normalized spacial score (nSPS) is 11.5. The Morgan fingerprint density at radius 3 is 1.01 bits per heavy atom. The van der Waals surface area contributed by atoms with Gasteiger partial charge in [0.2, 0.25) is 5.52 Å². The topological polar surface area (TPSA) is 27.7 Å². The van der Waals surface area contributed by atoms with Gasteiger partial charge in [-0.3, -0.25) is 0 Å². The molecule has 0 radical (unpaired) electrons. The van der Waals surface area contributed by atoms with Crippen LogP contribution in [0.3, 0.4) is 0 Å². The molecule has 1 heterocycles. The van der Waals surface area contributed by atoms with Gasteiger partial charge in [0.15, 0.2) is 82.0 Å². The van der Waals surface area contributed by atoms with Crippen LogP contribution in [-0.2, 0) is 13.0 Å². The predicted molar refractivity (Wildman–Crippen MR) is 213 cm³/mol. The molecule has 0 atom stereocenters. The van der Waals surface area contributed by atoms with Gasteiger partial charge in [-0.05, 0) is 29.8 Å². The lowest BCUT2D eigenvalue weighted by Gasteiger charge is -2.44. The number of nitrogens with zero attached hydrogens (tertiary/aromatic N) is 2. The number of halogens is 20. The van der Waals surface area contributed by atoms with Crippen molar-refractivity contribution in [2.24, 2.45) is 0 Å². The quantitative estimate of drug-likeness (QED) is 0.0490. The molecule has 1 aromatic heterocycles. The van der Waals surface area contributed by atoms with Gasteiger partial charge in [0, 0.05) is 23.1 Å². The fourth-order valence-corrected chi connectivity index (χ4v) is 8.19. The summed E-state index contributed by atoms with van der Waals surface area (Å²) in [7, 11) is 0. The molecule has 2 nitrogen and oxygen atoms in total. The van der Waals surface area contributed by atoms with Gasteiger partial charge in [-0.25, -0.2) is 87.8 Å². The second kappa shape index (κ2) is 19.5. The SMILES string of the molecule is Fc1c(F)c(F)c([B-](c2c(F)c(F)c(F)c(F)c2F)(c2c(F)c(F)c(F)c(F)c2F)c2c(F)c(F)c(F)c(F)c2F)c(F)c1F.N#Cc1ccc(Cc2ccc3ccccc3[n+]2Cc2ccccc2)cc1. The lowest BCUT2D eigenvalue weighted by atomic mass is 9.12. The monoisotopic (exact) mass is 1010 g/mol. The fraction of sp³-hybridized carbons (Fsp3) is 0.0417. The third-order valence-electron chi connectivity index (χ3n) is 11.4. The van der Waals surface area contributed by atoms with Crippen molar-refractivity contribution in [1.29, 1.82) is 5.26 Å². The van der Waals surface area contributed by atoms with Crippen LogP contribution < -0.4 is 26.4 Å². The molecule has 0 fully saturated rings. The Bertz CT molecular complexity index is 3110. The zero-order valence-corrected chi connectivity index (χ0v) is 34.6. The molecule has 0 saturated heterocycles. The summed E-state index contributed by atoms with van der Waals surface area (Å²) < 4.78 is 296. The van der Waals surface area contributed by atoms with Crippen LogP contribution in [0.4, 0.5) is 87.8 Å². The van der Waals surface area contributed by atoms with Crippen molar-refractivity contribution >= 4 is 38.9 Å². The van der Waals surface area contributed by atoms with Crippen molar-refractivity contribution in [1.82, 2.24) is 0 Å². The molecule has 364 valence electrons. The van der Waals surface area contributed by atoms with Crippen molar-refractivity contribution in [3.8, 4) is 6.07 Å². The van der Waals surface area contributed by atoms with Crippen molar-refractivity contribution < 1.29 is 92.4 Å². The Kier molecular flexibility index (Phi) is 14.0. The zero-order valence-electron chi connectivity index (χ0n) is 34.6.